The van der Waals surface area contributed by atoms with Gasteiger partial charge < -0.3 is 25.4 Å². The number of carbonyl (C=O) groups is 1. The third-order valence-electron chi connectivity index (χ3n) is 6.46. The summed E-state index contributed by atoms with van der Waals surface area (Å²) >= 11 is 0. The maximum absolute atomic E-state index is 13.0. The maximum Gasteiger partial charge on any atom is 0.253 e. The van der Waals surface area contributed by atoms with Gasteiger partial charge in [0, 0.05) is 42.5 Å². The van der Waals surface area contributed by atoms with Gasteiger partial charge in [0.1, 0.15) is 18.1 Å². The van der Waals surface area contributed by atoms with Crippen molar-refractivity contribution in [2.45, 2.75) is 32.5 Å². The molecule has 4 aromatic rings. The lowest BCUT2D eigenvalue weighted by molar-refractivity contribution is 0.0674. The highest BCUT2D eigenvalue weighted by atomic mass is 16.5. The van der Waals surface area contributed by atoms with Crippen molar-refractivity contribution >= 4 is 11.7 Å². The van der Waals surface area contributed by atoms with Crippen LogP contribution in [-0.2, 0) is 6.61 Å². The number of ether oxygens (including phenoxy) is 2. The molecular formula is C31H32N4O3. The maximum atomic E-state index is 13.0. The Kier molecular flexibility index (Phi) is 7.56. The van der Waals surface area contributed by atoms with Crippen LogP contribution in [0.1, 0.15) is 29.8 Å². The number of para-hydroxylation sites is 1. The first-order valence-corrected chi connectivity index (χ1v) is 12.8. The van der Waals surface area contributed by atoms with Crippen molar-refractivity contribution < 1.29 is 14.3 Å². The Balaban J connectivity index is 1.26. The van der Waals surface area contributed by atoms with Crippen molar-refractivity contribution in [1.29, 1.82) is 0 Å². The number of hydrogen-bond donors (Lipinski definition) is 2. The summed E-state index contributed by atoms with van der Waals surface area (Å²) in [5.74, 6) is 2.38. The lowest BCUT2D eigenvalue weighted by atomic mass is 10.0. The zero-order valence-electron chi connectivity index (χ0n) is 21.6. The second kappa shape index (κ2) is 11.4. The Hall–Kier alpha value is -4.36. The van der Waals surface area contributed by atoms with E-state index in [9.17, 15) is 4.79 Å². The molecule has 2 atom stereocenters. The second-order valence-corrected chi connectivity index (χ2v) is 9.71. The minimum atomic E-state index is 0.0506. The van der Waals surface area contributed by atoms with Crippen LogP contribution in [0.4, 0.5) is 5.82 Å². The van der Waals surface area contributed by atoms with E-state index in [-0.39, 0.29) is 18.0 Å². The van der Waals surface area contributed by atoms with Crippen molar-refractivity contribution in [2.75, 3.05) is 18.8 Å². The van der Waals surface area contributed by atoms with Gasteiger partial charge in [-0.15, -0.1) is 0 Å². The molecule has 2 unspecified atom stereocenters. The number of aromatic nitrogens is 1. The average Bonchev–Trinajstić information content (AvgIpc) is 2.92. The van der Waals surface area contributed by atoms with Crippen molar-refractivity contribution in [1.82, 2.24) is 15.2 Å². The van der Waals surface area contributed by atoms with Crippen LogP contribution < -0.4 is 20.5 Å². The van der Waals surface area contributed by atoms with E-state index in [1.54, 1.807) is 6.20 Å². The average molecular weight is 509 g/mol. The molecule has 3 aromatic carbocycles. The number of piperazine rings is 1. The summed E-state index contributed by atoms with van der Waals surface area (Å²) in [4.78, 5) is 19.3. The van der Waals surface area contributed by atoms with Gasteiger partial charge in [-0.2, -0.15) is 0 Å². The lowest BCUT2D eigenvalue weighted by Gasteiger charge is -2.36. The molecule has 1 aliphatic heterocycles. The number of hydrogen-bond acceptors (Lipinski definition) is 6. The number of nitrogens with two attached hydrogens (primary N) is 1. The first-order valence-electron chi connectivity index (χ1n) is 12.8. The molecule has 5 rings (SSSR count). The molecule has 0 spiro atoms. The third-order valence-corrected chi connectivity index (χ3v) is 6.46. The third kappa shape index (κ3) is 6.12. The summed E-state index contributed by atoms with van der Waals surface area (Å²) in [5.41, 5.74) is 9.53. The number of carbonyl (C=O) groups excluding carboxylic acids is 1. The summed E-state index contributed by atoms with van der Waals surface area (Å²) < 4.78 is 12.0. The predicted molar refractivity (Wildman–Crippen MR) is 149 cm³/mol. The topological polar surface area (TPSA) is 89.7 Å². The molecule has 3 N–H and O–H groups in total. The number of nitrogens with one attached hydrogen (secondary N) is 1. The van der Waals surface area contributed by atoms with Gasteiger partial charge in [-0.05, 0) is 67.4 Å². The first kappa shape index (κ1) is 25.3. The standard InChI is InChI=1S/C31H32N4O3/c1-21-18-35(19-22(2)34-21)31(36)25-13-11-24(12-14-25)26-16-29(30(32)33-17-26)37-20-23-7-6-10-28(15-23)38-27-8-4-3-5-9-27/h3-17,21-22,34H,18-20H2,1-2H3,(H2,32,33). The highest BCUT2D eigenvalue weighted by molar-refractivity contribution is 5.95. The Morgan fingerprint density at radius 1 is 0.921 bits per heavy atom. The number of anilines is 1. The Morgan fingerprint density at radius 3 is 2.37 bits per heavy atom. The van der Waals surface area contributed by atoms with E-state index in [4.69, 9.17) is 15.2 Å². The van der Waals surface area contributed by atoms with E-state index in [0.717, 1.165) is 28.2 Å². The van der Waals surface area contributed by atoms with Crippen LogP contribution in [0.2, 0.25) is 0 Å². The highest BCUT2D eigenvalue weighted by Gasteiger charge is 2.25. The summed E-state index contributed by atoms with van der Waals surface area (Å²) in [7, 11) is 0. The number of pyridine rings is 1. The van der Waals surface area contributed by atoms with Crippen molar-refractivity contribution in [3.05, 3.63) is 102 Å². The molecule has 1 aromatic heterocycles. The molecule has 0 bridgehead atoms. The summed E-state index contributed by atoms with van der Waals surface area (Å²) in [6, 6.07) is 27.4. The molecular weight excluding hydrogens is 476 g/mol. The van der Waals surface area contributed by atoms with Crippen molar-refractivity contribution in [3.8, 4) is 28.4 Å². The molecule has 1 fully saturated rings. The Labute approximate surface area is 223 Å². The van der Waals surface area contributed by atoms with Gasteiger partial charge in [-0.1, -0.05) is 42.5 Å². The fourth-order valence-corrected chi connectivity index (χ4v) is 4.69. The minimum Gasteiger partial charge on any atom is -0.485 e. The zero-order valence-corrected chi connectivity index (χ0v) is 21.6. The molecule has 1 aliphatic rings. The van der Waals surface area contributed by atoms with E-state index in [1.165, 1.54) is 0 Å². The van der Waals surface area contributed by atoms with Gasteiger partial charge in [0.2, 0.25) is 0 Å². The predicted octanol–water partition coefficient (Wildman–Crippen LogP) is 5.52. The van der Waals surface area contributed by atoms with Gasteiger partial charge in [-0.3, -0.25) is 4.79 Å². The van der Waals surface area contributed by atoms with Gasteiger partial charge in [0.25, 0.3) is 5.91 Å². The lowest BCUT2D eigenvalue weighted by Crippen LogP contribution is -2.55. The van der Waals surface area contributed by atoms with Crippen LogP contribution in [-0.4, -0.2) is 41.0 Å². The van der Waals surface area contributed by atoms with E-state index < -0.39 is 0 Å². The minimum absolute atomic E-state index is 0.0506. The van der Waals surface area contributed by atoms with Crippen molar-refractivity contribution in [2.24, 2.45) is 0 Å². The smallest absolute Gasteiger partial charge is 0.253 e. The van der Waals surface area contributed by atoms with Crippen LogP contribution >= 0.6 is 0 Å². The molecule has 194 valence electrons. The normalized spacial score (nSPS) is 17.2. The number of nitrogens with zero attached hydrogens (tertiary/aromatic N) is 2. The monoisotopic (exact) mass is 508 g/mol. The molecule has 7 heteroatoms. The molecule has 38 heavy (non-hydrogen) atoms. The van der Waals surface area contributed by atoms with Gasteiger partial charge in [-0.25, -0.2) is 4.98 Å². The summed E-state index contributed by atoms with van der Waals surface area (Å²) in [6.07, 6.45) is 1.72. The number of nitrogen functional groups attached to an aromatic ring is 1. The number of amides is 1. The fraction of sp³-hybridized carbons (Fsp3) is 0.226. The molecule has 1 amide bonds. The fourth-order valence-electron chi connectivity index (χ4n) is 4.69. The molecule has 2 heterocycles. The quantitative estimate of drug-likeness (QED) is 0.341. The first-order chi connectivity index (χ1) is 18.4. The van der Waals surface area contributed by atoms with Crippen LogP contribution in [0.5, 0.6) is 17.2 Å². The van der Waals surface area contributed by atoms with Crippen LogP contribution in [0, 0.1) is 0 Å². The van der Waals surface area contributed by atoms with Crippen LogP contribution in [0.15, 0.2) is 91.1 Å². The molecule has 0 saturated carbocycles. The van der Waals surface area contributed by atoms with E-state index in [2.05, 4.69) is 24.1 Å². The van der Waals surface area contributed by atoms with E-state index in [1.807, 2.05) is 89.8 Å². The zero-order chi connectivity index (χ0) is 26.5. The molecule has 1 saturated heterocycles. The molecule has 7 nitrogen and oxygen atoms in total. The highest BCUT2D eigenvalue weighted by Crippen LogP contribution is 2.29. The molecule has 0 radical (unpaired) electrons. The number of rotatable bonds is 7. The van der Waals surface area contributed by atoms with E-state index >= 15 is 0 Å². The van der Waals surface area contributed by atoms with Gasteiger partial charge >= 0.3 is 0 Å². The Bertz CT molecular complexity index is 1380. The second-order valence-electron chi connectivity index (χ2n) is 9.71. The summed E-state index contributed by atoms with van der Waals surface area (Å²) in [6.45, 7) is 5.92. The van der Waals surface area contributed by atoms with Gasteiger partial charge in [0.15, 0.2) is 11.6 Å². The largest absolute Gasteiger partial charge is 0.485 e. The molecule has 0 aliphatic carbocycles. The summed E-state index contributed by atoms with van der Waals surface area (Å²) in [5, 5.41) is 3.46. The van der Waals surface area contributed by atoms with Crippen molar-refractivity contribution in [3.63, 3.8) is 0 Å². The van der Waals surface area contributed by atoms with E-state index in [0.29, 0.717) is 36.8 Å². The van der Waals surface area contributed by atoms with Crippen LogP contribution in [0.25, 0.3) is 11.1 Å². The SMILES string of the molecule is CC1CN(C(=O)c2ccc(-c3cnc(N)c(OCc4cccc(Oc5ccccc5)c4)c3)cc2)CC(C)N1. The van der Waals surface area contributed by atoms with Gasteiger partial charge in [0.05, 0.1) is 0 Å². The Morgan fingerprint density at radius 2 is 1.63 bits per heavy atom. The number of benzene rings is 3. The van der Waals surface area contributed by atoms with Crippen LogP contribution in [0.3, 0.4) is 0 Å².